The monoisotopic (exact) mass is 287 g/mol. The molecule has 0 atom stereocenters. The van der Waals surface area contributed by atoms with Gasteiger partial charge in [0.05, 0.1) is 6.61 Å². The summed E-state index contributed by atoms with van der Waals surface area (Å²) in [5.41, 5.74) is 0.185. The van der Waals surface area contributed by atoms with E-state index in [4.69, 9.17) is 4.74 Å². The zero-order valence-corrected chi connectivity index (χ0v) is 11.8. The first kappa shape index (κ1) is 16.2. The largest absolute Gasteiger partial charge is 0.449 e. The van der Waals surface area contributed by atoms with Crippen molar-refractivity contribution >= 4 is 6.09 Å². The molecule has 1 aromatic rings. The van der Waals surface area contributed by atoms with E-state index in [1.807, 2.05) is 20.8 Å². The van der Waals surface area contributed by atoms with E-state index >= 15 is 0 Å². The lowest BCUT2D eigenvalue weighted by Gasteiger charge is -2.20. The molecule has 0 fully saturated rings. The van der Waals surface area contributed by atoms with E-state index in [1.54, 1.807) is 18.2 Å². The van der Waals surface area contributed by atoms with Crippen LogP contribution in [-0.2, 0) is 11.2 Å². The lowest BCUT2D eigenvalue weighted by molar-refractivity contribution is -0.0505. The molecule has 1 rings (SSSR count). The molecule has 0 radical (unpaired) electrons. The number of ether oxygens (including phenoxy) is 2. The maximum atomic E-state index is 12.2. The molecule has 1 N–H and O–H groups in total. The van der Waals surface area contributed by atoms with Gasteiger partial charge in [-0.25, -0.2) is 4.79 Å². The highest BCUT2D eigenvalue weighted by Gasteiger charge is 2.15. The number of alkyl halides is 2. The normalized spacial score (nSPS) is 11.3. The predicted molar refractivity (Wildman–Crippen MR) is 71.0 cm³/mol. The highest BCUT2D eigenvalue weighted by atomic mass is 19.3. The van der Waals surface area contributed by atoms with Crippen LogP contribution in [0.4, 0.5) is 13.6 Å². The molecule has 1 amide bonds. The Kier molecular flexibility index (Phi) is 5.73. The van der Waals surface area contributed by atoms with Crippen molar-refractivity contribution in [2.24, 2.45) is 0 Å². The fourth-order valence-electron chi connectivity index (χ4n) is 1.52. The van der Waals surface area contributed by atoms with Crippen LogP contribution in [0.2, 0.25) is 0 Å². The second-order valence-corrected chi connectivity index (χ2v) is 5.25. The van der Waals surface area contributed by atoms with Crippen molar-refractivity contribution in [3.05, 3.63) is 29.8 Å². The van der Waals surface area contributed by atoms with E-state index in [9.17, 15) is 13.6 Å². The summed E-state index contributed by atoms with van der Waals surface area (Å²) in [4.78, 5) is 11.4. The number of halogens is 2. The van der Waals surface area contributed by atoms with Gasteiger partial charge in [-0.3, -0.25) is 0 Å². The van der Waals surface area contributed by atoms with Crippen LogP contribution >= 0.6 is 0 Å². The number of benzene rings is 1. The maximum absolute atomic E-state index is 12.2. The quantitative estimate of drug-likeness (QED) is 0.903. The highest BCUT2D eigenvalue weighted by molar-refractivity contribution is 5.68. The Balaban J connectivity index is 2.48. The van der Waals surface area contributed by atoms with E-state index in [2.05, 4.69) is 10.1 Å². The molecule has 6 heteroatoms. The summed E-state index contributed by atoms with van der Waals surface area (Å²) in [5, 5.41) is 2.64. The number of hydrogen-bond donors (Lipinski definition) is 1. The lowest BCUT2D eigenvalue weighted by atomic mass is 10.1. The van der Waals surface area contributed by atoms with E-state index in [0.29, 0.717) is 12.0 Å². The van der Waals surface area contributed by atoms with Gasteiger partial charge in [-0.2, -0.15) is 8.78 Å². The molecule has 0 heterocycles. The van der Waals surface area contributed by atoms with Gasteiger partial charge in [-0.05, 0) is 32.4 Å². The molecule has 1 aromatic carbocycles. The maximum Gasteiger partial charge on any atom is 0.407 e. The predicted octanol–water partition coefficient (Wildman–Crippen LogP) is 3.36. The summed E-state index contributed by atoms with van der Waals surface area (Å²) in [6.45, 7) is 2.72. The minimum absolute atomic E-state index is 0.0888. The number of carbonyl (C=O) groups is 1. The molecule has 0 aromatic heterocycles. The Labute approximate surface area is 117 Å². The van der Waals surface area contributed by atoms with Crippen molar-refractivity contribution in [3.63, 3.8) is 0 Å². The van der Waals surface area contributed by atoms with Crippen molar-refractivity contribution in [1.29, 1.82) is 0 Å². The Bertz CT molecular complexity index is 444. The van der Waals surface area contributed by atoms with Crippen LogP contribution in [0.25, 0.3) is 0 Å². The van der Waals surface area contributed by atoms with E-state index in [0.717, 1.165) is 0 Å². The standard InChI is InChI=1S/C14H19F2NO3/c1-14(2,3)17-13(18)19-9-8-10-6-4-5-7-11(10)20-12(15)16/h4-7,12H,8-9H2,1-3H3,(H,17,18). The van der Waals surface area contributed by atoms with Crippen LogP contribution in [0, 0.1) is 0 Å². The van der Waals surface area contributed by atoms with Gasteiger partial charge in [0.15, 0.2) is 0 Å². The first-order valence-corrected chi connectivity index (χ1v) is 6.25. The minimum Gasteiger partial charge on any atom is -0.449 e. The average molecular weight is 287 g/mol. The van der Waals surface area contributed by atoms with Gasteiger partial charge < -0.3 is 14.8 Å². The van der Waals surface area contributed by atoms with Gasteiger partial charge >= 0.3 is 12.7 Å². The second-order valence-electron chi connectivity index (χ2n) is 5.25. The van der Waals surface area contributed by atoms with E-state index < -0.39 is 12.7 Å². The molecule has 0 aliphatic rings. The van der Waals surface area contributed by atoms with Gasteiger partial charge in [-0.1, -0.05) is 18.2 Å². The molecular weight excluding hydrogens is 268 g/mol. The second kappa shape index (κ2) is 7.07. The van der Waals surface area contributed by atoms with Gasteiger partial charge in [0, 0.05) is 12.0 Å². The number of hydrogen-bond acceptors (Lipinski definition) is 3. The molecule has 0 unspecified atom stereocenters. The topological polar surface area (TPSA) is 47.6 Å². The van der Waals surface area contributed by atoms with E-state index in [1.165, 1.54) is 6.07 Å². The Morgan fingerprint density at radius 2 is 1.95 bits per heavy atom. The molecule has 0 aliphatic heterocycles. The molecule has 112 valence electrons. The SMILES string of the molecule is CC(C)(C)NC(=O)OCCc1ccccc1OC(F)F. The van der Waals surface area contributed by atoms with Gasteiger partial charge in [0.1, 0.15) is 5.75 Å². The fraction of sp³-hybridized carbons (Fsp3) is 0.500. The summed E-state index contributed by atoms with van der Waals surface area (Å²) in [6.07, 6.45) is -0.231. The van der Waals surface area contributed by atoms with Crippen molar-refractivity contribution in [3.8, 4) is 5.75 Å². The molecule has 0 saturated heterocycles. The molecule has 4 nitrogen and oxygen atoms in total. The van der Waals surface area contributed by atoms with Crippen LogP contribution in [0.15, 0.2) is 24.3 Å². The first-order valence-electron chi connectivity index (χ1n) is 6.25. The van der Waals surface area contributed by atoms with Crippen molar-refractivity contribution in [2.45, 2.75) is 39.3 Å². The first-order chi connectivity index (χ1) is 9.28. The number of amides is 1. The summed E-state index contributed by atoms with van der Waals surface area (Å²) in [6, 6.07) is 6.43. The van der Waals surface area contributed by atoms with Gasteiger partial charge in [0.2, 0.25) is 0 Å². The third kappa shape index (κ3) is 6.36. The molecular formula is C14H19F2NO3. The number of rotatable bonds is 5. The van der Waals surface area contributed by atoms with Gasteiger partial charge in [-0.15, -0.1) is 0 Å². The summed E-state index contributed by atoms with van der Waals surface area (Å²) in [5.74, 6) is 0.0994. The van der Waals surface area contributed by atoms with Crippen LogP contribution in [0.3, 0.4) is 0 Å². The summed E-state index contributed by atoms with van der Waals surface area (Å²) >= 11 is 0. The number of carbonyl (C=O) groups excluding carboxylic acids is 1. The van der Waals surface area contributed by atoms with Crippen molar-refractivity contribution in [2.75, 3.05) is 6.61 Å². The Morgan fingerprint density at radius 1 is 1.30 bits per heavy atom. The Morgan fingerprint density at radius 3 is 2.55 bits per heavy atom. The summed E-state index contributed by atoms with van der Waals surface area (Å²) in [7, 11) is 0. The smallest absolute Gasteiger partial charge is 0.407 e. The molecule has 0 bridgehead atoms. The van der Waals surface area contributed by atoms with Crippen molar-refractivity contribution < 1.29 is 23.0 Å². The number of nitrogens with one attached hydrogen (secondary N) is 1. The van der Waals surface area contributed by atoms with Crippen molar-refractivity contribution in [1.82, 2.24) is 5.32 Å². The third-order valence-corrected chi connectivity index (χ3v) is 2.27. The highest BCUT2D eigenvalue weighted by Crippen LogP contribution is 2.20. The molecule has 0 saturated carbocycles. The minimum atomic E-state index is -2.87. The molecule has 0 spiro atoms. The van der Waals surface area contributed by atoms with Crippen LogP contribution < -0.4 is 10.1 Å². The fourth-order valence-corrected chi connectivity index (χ4v) is 1.52. The van der Waals surface area contributed by atoms with E-state index in [-0.39, 0.29) is 17.9 Å². The molecule has 20 heavy (non-hydrogen) atoms. The number of para-hydroxylation sites is 1. The average Bonchev–Trinajstić information content (AvgIpc) is 2.28. The lowest BCUT2D eigenvalue weighted by Crippen LogP contribution is -2.41. The Hall–Kier alpha value is -1.85. The van der Waals surface area contributed by atoms with Crippen LogP contribution in [0.5, 0.6) is 5.75 Å². The summed E-state index contributed by atoms with van der Waals surface area (Å²) < 4.78 is 33.8. The van der Waals surface area contributed by atoms with Crippen LogP contribution in [-0.4, -0.2) is 24.9 Å². The molecule has 0 aliphatic carbocycles. The van der Waals surface area contributed by atoms with Gasteiger partial charge in [0.25, 0.3) is 0 Å². The zero-order valence-electron chi connectivity index (χ0n) is 11.8. The zero-order chi connectivity index (χ0) is 15.2. The number of alkyl carbamates (subject to hydrolysis) is 1. The van der Waals surface area contributed by atoms with Crippen LogP contribution in [0.1, 0.15) is 26.3 Å². The third-order valence-electron chi connectivity index (χ3n) is 2.27.